The third kappa shape index (κ3) is 4.84. The molecule has 2 bridgehead atoms. The molecular formula is C18H27IN4O2. The maximum atomic E-state index is 11.9. The number of nitrogens with one attached hydrogen (secondary N) is 2. The molecule has 3 atom stereocenters. The Morgan fingerprint density at radius 1 is 1.28 bits per heavy atom. The molecule has 2 N–H and O–H groups in total. The Labute approximate surface area is 166 Å². The van der Waals surface area contributed by atoms with Crippen molar-refractivity contribution in [2.75, 3.05) is 21.1 Å². The number of rotatable bonds is 4. The van der Waals surface area contributed by atoms with Gasteiger partial charge in [0, 0.05) is 33.3 Å². The minimum atomic E-state index is 0. The zero-order chi connectivity index (χ0) is 17.1. The first-order chi connectivity index (χ1) is 11.6. The van der Waals surface area contributed by atoms with E-state index < -0.39 is 0 Å². The zero-order valence-corrected chi connectivity index (χ0v) is 17.3. The summed E-state index contributed by atoms with van der Waals surface area (Å²) in [5.41, 5.74) is 1.81. The number of aliphatic imine (C=N–C) groups is 1. The molecule has 25 heavy (non-hydrogen) atoms. The Balaban J connectivity index is 0.00000225. The molecule has 1 aromatic carbocycles. The van der Waals surface area contributed by atoms with Gasteiger partial charge in [-0.3, -0.25) is 9.79 Å². The van der Waals surface area contributed by atoms with E-state index in [2.05, 4.69) is 15.6 Å². The van der Waals surface area contributed by atoms with Gasteiger partial charge >= 0.3 is 0 Å². The molecule has 2 aliphatic heterocycles. The van der Waals surface area contributed by atoms with Gasteiger partial charge in [-0.1, -0.05) is 12.1 Å². The third-order valence-electron chi connectivity index (χ3n) is 4.72. The van der Waals surface area contributed by atoms with Crippen LogP contribution in [-0.4, -0.2) is 56.2 Å². The number of hydrogen-bond acceptors (Lipinski definition) is 3. The fourth-order valence-electron chi connectivity index (χ4n) is 3.37. The summed E-state index contributed by atoms with van der Waals surface area (Å²) in [5, 5.41) is 6.80. The average molecular weight is 458 g/mol. The van der Waals surface area contributed by atoms with E-state index in [1.165, 1.54) is 6.42 Å². The van der Waals surface area contributed by atoms with E-state index in [1.54, 1.807) is 26.0 Å². The summed E-state index contributed by atoms with van der Waals surface area (Å²) in [6.45, 7) is 0.664. The first-order valence-corrected chi connectivity index (χ1v) is 8.50. The Kier molecular flexibility index (Phi) is 7.06. The Hall–Kier alpha value is -1.35. The summed E-state index contributed by atoms with van der Waals surface area (Å²) in [6.07, 6.45) is 4.14. The van der Waals surface area contributed by atoms with Crippen molar-refractivity contribution in [1.82, 2.24) is 15.5 Å². The summed E-state index contributed by atoms with van der Waals surface area (Å²) in [7, 11) is 5.29. The molecule has 2 heterocycles. The maximum Gasteiger partial charge on any atom is 0.253 e. The van der Waals surface area contributed by atoms with E-state index in [9.17, 15) is 4.79 Å². The van der Waals surface area contributed by atoms with Gasteiger partial charge in [-0.25, -0.2) is 0 Å². The first-order valence-electron chi connectivity index (χ1n) is 8.50. The van der Waals surface area contributed by atoms with Crippen molar-refractivity contribution in [3.05, 3.63) is 35.4 Å². The second-order valence-electron chi connectivity index (χ2n) is 6.68. The van der Waals surface area contributed by atoms with Gasteiger partial charge in [-0.15, -0.1) is 24.0 Å². The molecule has 2 fully saturated rings. The maximum absolute atomic E-state index is 11.9. The molecule has 6 nitrogen and oxygen atoms in total. The number of halogens is 1. The zero-order valence-electron chi connectivity index (χ0n) is 15.0. The lowest BCUT2D eigenvalue weighted by atomic mass is 9.96. The molecule has 1 aromatic rings. The van der Waals surface area contributed by atoms with Crippen LogP contribution in [0.1, 0.15) is 35.2 Å². The number of ether oxygens (including phenoxy) is 1. The van der Waals surface area contributed by atoms with Crippen molar-refractivity contribution in [3.63, 3.8) is 0 Å². The Morgan fingerprint density at radius 2 is 2.00 bits per heavy atom. The monoisotopic (exact) mass is 458 g/mol. The highest BCUT2D eigenvalue weighted by Gasteiger charge is 2.41. The summed E-state index contributed by atoms with van der Waals surface area (Å²) in [5.74, 6) is 0.813. The average Bonchev–Trinajstić information content (AvgIpc) is 3.21. The van der Waals surface area contributed by atoms with Crippen molar-refractivity contribution >= 4 is 35.8 Å². The predicted molar refractivity (Wildman–Crippen MR) is 110 cm³/mol. The topological polar surface area (TPSA) is 66.0 Å². The Bertz CT molecular complexity index is 618. The van der Waals surface area contributed by atoms with Crippen molar-refractivity contribution in [2.45, 2.75) is 44.1 Å². The molecule has 138 valence electrons. The fraction of sp³-hybridized carbons (Fsp3) is 0.556. The number of nitrogens with zero attached hydrogens (tertiary/aromatic N) is 2. The van der Waals surface area contributed by atoms with Gasteiger partial charge in [0.1, 0.15) is 0 Å². The van der Waals surface area contributed by atoms with E-state index >= 15 is 0 Å². The lowest BCUT2D eigenvalue weighted by Crippen LogP contribution is -2.47. The van der Waals surface area contributed by atoms with Crippen LogP contribution < -0.4 is 10.6 Å². The van der Waals surface area contributed by atoms with Crippen molar-refractivity contribution < 1.29 is 9.53 Å². The van der Waals surface area contributed by atoms with Crippen LogP contribution >= 0.6 is 24.0 Å². The highest BCUT2D eigenvalue weighted by atomic mass is 127. The van der Waals surface area contributed by atoms with Crippen LogP contribution in [-0.2, 0) is 11.3 Å². The Morgan fingerprint density at radius 3 is 2.52 bits per heavy atom. The van der Waals surface area contributed by atoms with Crippen LogP contribution in [0.25, 0.3) is 0 Å². The number of carbonyl (C=O) groups is 1. The normalized spacial score (nSPS) is 24.6. The lowest BCUT2D eigenvalue weighted by molar-refractivity contribution is 0.0827. The SMILES string of the molecule is CN=C(NCc1ccc(C(=O)N(C)C)cc1)NC1CC2CCC1O2.I. The van der Waals surface area contributed by atoms with Crippen LogP contribution in [0.15, 0.2) is 29.3 Å². The largest absolute Gasteiger partial charge is 0.373 e. The number of benzene rings is 1. The summed E-state index contributed by atoms with van der Waals surface area (Å²) >= 11 is 0. The quantitative estimate of drug-likeness (QED) is 0.412. The van der Waals surface area contributed by atoms with Gasteiger partial charge in [-0.05, 0) is 37.0 Å². The van der Waals surface area contributed by atoms with Crippen molar-refractivity contribution in [2.24, 2.45) is 4.99 Å². The first kappa shape index (κ1) is 20.0. The molecule has 0 saturated carbocycles. The highest BCUT2D eigenvalue weighted by Crippen LogP contribution is 2.34. The van der Waals surface area contributed by atoms with E-state index in [-0.39, 0.29) is 29.9 Å². The minimum Gasteiger partial charge on any atom is -0.373 e. The summed E-state index contributed by atoms with van der Waals surface area (Å²) < 4.78 is 5.87. The van der Waals surface area contributed by atoms with Crippen LogP contribution in [0, 0.1) is 0 Å². The number of fused-ring (bicyclic) bond motifs is 2. The van der Waals surface area contributed by atoms with Gasteiger partial charge < -0.3 is 20.3 Å². The van der Waals surface area contributed by atoms with Gasteiger partial charge in [-0.2, -0.15) is 0 Å². The van der Waals surface area contributed by atoms with E-state index in [1.807, 2.05) is 24.3 Å². The van der Waals surface area contributed by atoms with E-state index in [0.29, 0.717) is 30.4 Å². The molecule has 0 radical (unpaired) electrons. The number of guanidine groups is 1. The third-order valence-corrected chi connectivity index (χ3v) is 4.72. The number of carbonyl (C=O) groups excluding carboxylic acids is 1. The fourth-order valence-corrected chi connectivity index (χ4v) is 3.37. The van der Waals surface area contributed by atoms with Crippen LogP contribution in [0.3, 0.4) is 0 Å². The second kappa shape index (κ2) is 8.84. The molecular weight excluding hydrogens is 431 g/mol. The standard InChI is InChI=1S/C18H26N4O2.HI/c1-19-18(21-15-10-14-8-9-16(15)24-14)20-11-12-4-6-13(7-5-12)17(23)22(2)3;/h4-7,14-16H,8-11H2,1-3H3,(H2,19,20,21);1H. The summed E-state index contributed by atoms with van der Waals surface area (Å²) in [6, 6.07) is 8.02. The van der Waals surface area contributed by atoms with Crippen LogP contribution in [0.5, 0.6) is 0 Å². The smallest absolute Gasteiger partial charge is 0.253 e. The van der Waals surface area contributed by atoms with Crippen LogP contribution in [0.2, 0.25) is 0 Å². The second-order valence-corrected chi connectivity index (χ2v) is 6.68. The molecule has 0 aliphatic carbocycles. The van der Waals surface area contributed by atoms with Crippen LogP contribution in [0.4, 0.5) is 0 Å². The number of amides is 1. The van der Waals surface area contributed by atoms with Crippen molar-refractivity contribution in [3.8, 4) is 0 Å². The molecule has 2 aliphatic rings. The van der Waals surface area contributed by atoms with Gasteiger partial charge in [0.25, 0.3) is 5.91 Å². The lowest BCUT2D eigenvalue weighted by Gasteiger charge is -2.22. The number of hydrogen-bond donors (Lipinski definition) is 2. The highest BCUT2D eigenvalue weighted by molar-refractivity contribution is 14.0. The molecule has 0 spiro atoms. The minimum absolute atomic E-state index is 0. The molecule has 7 heteroatoms. The van der Waals surface area contributed by atoms with E-state index in [4.69, 9.17) is 4.74 Å². The predicted octanol–water partition coefficient (Wildman–Crippen LogP) is 1.99. The molecule has 1 amide bonds. The summed E-state index contributed by atoms with van der Waals surface area (Å²) in [4.78, 5) is 17.8. The molecule has 3 rings (SSSR count). The van der Waals surface area contributed by atoms with Gasteiger partial charge in [0.05, 0.1) is 18.2 Å². The van der Waals surface area contributed by atoms with Gasteiger partial charge in [0.15, 0.2) is 5.96 Å². The van der Waals surface area contributed by atoms with E-state index in [0.717, 1.165) is 24.4 Å². The molecule has 0 aromatic heterocycles. The van der Waals surface area contributed by atoms with Crippen molar-refractivity contribution in [1.29, 1.82) is 0 Å². The van der Waals surface area contributed by atoms with Gasteiger partial charge in [0.2, 0.25) is 0 Å². The molecule has 3 unspecified atom stereocenters. The molecule has 2 saturated heterocycles.